The second kappa shape index (κ2) is 6.13. The number of carbonyl (C=O) groups excluding carboxylic acids is 1. The van der Waals surface area contributed by atoms with Crippen molar-refractivity contribution in [3.8, 4) is 0 Å². The first-order valence-corrected chi connectivity index (χ1v) is 6.56. The van der Waals surface area contributed by atoms with Gasteiger partial charge in [0.15, 0.2) is 0 Å². The number of halogens is 4. The van der Waals surface area contributed by atoms with Crippen molar-refractivity contribution in [3.05, 3.63) is 33.8 Å². The first kappa shape index (κ1) is 17.0. The lowest BCUT2D eigenvalue weighted by molar-refractivity contribution is -0.137. The molecule has 0 radical (unpaired) electrons. The van der Waals surface area contributed by atoms with Crippen LogP contribution >= 0.6 is 15.9 Å². The molecule has 0 aliphatic carbocycles. The Balaban J connectivity index is 2.93. The lowest BCUT2D eigenvalue weighted by Gasteiger charge is -2.23. The molecule has 0 spiro atoms. The van der Waals surface area contributed by atoms with Crippen LogP contribution in [0.1, 0.15) is 29.8 Å². The largest absolute Gasteiger partial charge is 0.416 e. The molecular weight excluding hydrogens is 339 g/mol. The Bertz CT molecular complexity index is 501. The van der Waals surface area contributed by atoms with Gasteiger partial charge in [0, 0.05) is 18.1 Å². The van der Waals surface area contributed by atoms with E-state index in [1.165, 1.54) is 13.2 Å². The SMILES string of the molecule is COC(C)(C)CNC(=O)c1cc(C(F)(F)F)ccc1Br. The Morgan fingerprint density at radius 1 is 1.35 bits per heavy atom. The average Bonchev–Trinajstić information content (AvgIpc) is 2.35. The molecule has 1 N–H and O–H groups in total. The van der Waals surface area contributed by atoms with E-state index in [2.05, 4.69) is 21.2 Å². The summed E-state index contributed by atoms with van der Waals surface area (Å²) in [4.78, 5) is 11.9. The van der Waals surface area contributed by atoms with Crippen LogP contribution in [0.25, 0.3) is 0 Å². The van der Waals surface area contributed by atoms with E-state index in [0.717, 1.165) is 12.1 Å². The van der Waals surface area contributed by atoms with Gasteiger partial charge in [0.1, 0.15) is 0 Å². The average molecular weight is 354 g/mol. The Morgan fingerprint density at radius 2 is 1.95 bits per heavy atom. The molecular formula is C13H15BrF3NO2. The lowest BCUT2D eigenvalue weighted by Crippen LogP contribution is -2.39. The van der Waals surface area contributed by atoms with Crippen LogP contribution in [0.5, 0.6) is 0 Å². The number of rotatable bonds is 4. The minimum absolute atomic E-state index is 0.0632. The molecule has 0 heterocycles. The quantitative estimate of drug-likeness (QED) is 0.897. The third-order valence-electron chi connectivity index (χ3n) is 2.77. The summed E-state index contributed by atoms with van der Waals surface area (Å²) >= 11 is 3.08. The summed E-state index contributed by atoms with van der Waals surface area (Å²) in [5, 5.41) is 2.55. The van der Waals surface area contributed by atoms with Gasteiger partial charge in [0.25, 0.3) is 5.91 Å². The van der Waals surface area contributed by atoms with Crippen LogP contribution in [0.4, 0.5) is 13.2 Å². The Morgan fingerprint density at radius 3 is 2.45 bits per heavy atom. The van der Waals surface area contributed by atoms with Gasteiger partial charge in [0.2, 0.25) is 0 Å². The maximum atomic E-state index is 12.6. The molecule has 7 heteroatoms. The zero-order valence-electron chi connectivity index (χ0n) is 11.3. The van der Waals surface area contributed by atoms with Gasteiger partial charge in [-0.1, -0.05) is 0 Å². The standard InChI is InChI=1S/C13H15BrF3NO2/c1-12(2,20-3)7-18-11(19)9-6-8(13(15,16)17)4-5-10(9)14/h4-6H,7H2,1-3H3,(H,18,19). The van der Waals surface area contributed by atoms with Crippen LogP contribution in [0.3, 0.4) is 0 Å². The molecule has 1 aromatic rings. The summed E-state index contributed by atoms with van der Waals surface area (Å²) in [6, 6.07) is 2.94. The Labute approximate surface area is 123 Å². The van der Waals surface area contributed by atoms with Crippen molar-refractivity contribution in [1.29, 1.82) is 0 Å². The van der Waals surface area contributed by atoms with Gasteiger partial charge in [-0.15, -0.1) is 0 Å². The molecule has 1 rings (SSSR count). The van der Waals surface area contributed by atoms with Crippen LogP contribution < -0.4 is 5.32 Å². The van der Waals surface area contributed by atoms with Crippen molar-refractivity contribution in [3.63, 3.8) is 0 Å². The highest BCUT2D eigenvalue weighted by molar-refractivity contribution is 9.10. The summed E-state index contributed by atoms with van der Waals surface area (Å²) < 4.78 is 43.3. The minimum Gasteiger partial charge on any atom is -0.377 e. The van der Waals surface area contributed by atoms with Crippen LogP contribution in [0.15, 0.2) is 22.7 Å². The number of ether oxygens (including phenoxy) is 1. The summed E-state index contributed by atoms with van der Waals surface area (Å²) in [5.41, 5.74) is -1.52. The summed E-state index contributed by atoms with van der Waals surface area (Å²) in [7, 11) is 1.49. The highest BCUT2D eigenvalue weighted by Crippen LogP contribution is 2.31. The Hall–Kier alpha value is -1.08. The maximum Gasteiger partial charge on any atom is 0.416 e. The van der Waals surface area contributed by atoms with E-state index in [1.807, 2.05) is 0 Å². The third kappa shape index (κ3) is 4.49. The topological polar surface area (TPSA) is 38.3 Å². The number of hydrogen-bond acceptors (Lipinski definition) is 2. The van der Waals surface area contributed by atoms with Crippen molar-refractivity contribution in [1.82, 2.24) is 5.32 Å². The van der Waals surface area contributed by atoms with Gasteiger partial charge < -0.3 is 10.1 Å². The van der Waals surface area contributed by atoms with Gasteiger partial charge in [-0.3, -0.25) is 4.79 Å². The molecule has 0 saturated heterocycles. The van der Waals surface area contributed by atoms with E-state index < -0.39 is 23.2 Å². The zero-order chi connectivity index (χ0) is 15.6. The molecule has 3 nitrogen and oxygen atoms in total. The summed E-state index contributed by atoms with van der Waals surface area (Å²) in [6.45, 7) is 3.70. The fourth-order valence-corrected chi connectivity index (χ4v) is 1.76. The van der Waals surface area contributed by atoms with Crippen LogP contribution in [-0.4, -0.2) is 25.2 Å². The van der Waals surface area contributed by atoms with Gasteiger partial charge >= 0.3 is 6.18 Å². The van der Waals surface area contributed by atoms with E-state index in [1.54, 1.807) is 13.8 Å². The van der Waals surface area contributed by atoms with Crippen molar-refractivity contribution >= 4 is 21.8 Å². The second-order valence-electron chi connectivity index (χ2n) is 4.84. The monoisotopic (exact) mass is 353 g/mol. The first-order chi connectivity index (χ1) is 9.07. The summed E-state index contributed by atoms with van der Waals surface area (Å²) in [6.07, 6.45) is -4.48. The molecule has 0 aromatic heterocycles. The number of nitrogens with one attached hydrogen (secondary N) is 1. The predicted octanol–water partition coefficient (Wildman–Crippen LogP) is 3.62. The molecule has 1 amide bonds. The van der Waals surface area contributed by atoms with Crippen LogP contribution in [0.2, 0.25) is 0 Å². The number of benzene rings is 1. The van der Waals surface area contributed by atoms with Crippen molar-refractivity contribution in [2.24, 2.45) is 0 Å². The molecule has 0 aliphatic heterocycles. The van der Waals surface area contributed by atoms with E-state index in [0.29, 0.717) is 4.47 Å². The van der Waals surface area contributed by atoms with Gasteiger partial charge in [-0.25, -0.2) is 0 Å². The van der Waals surface area contributed by atoms with Crippen LogP contribution in [0, 0.1) is 0 Å². The molecule has 0 bridgehead atoms. The number of methoxy groups -OCH3 is 1. The zero-order valence-corrected chi connectivity index (χ0v) is 12.9. The van der Waals surface area contributed by atoms with Gasteiger partial charge in [-0.2, -0.15) is 13.2 Å². The van der Waals surface area contributed by atoms with Crippen LogP contribution in [-0.2, 0) is 10.9 Å². The number of amides is 1. The van der Waals surface area contributed by atoms with E-state index in [-0.39, 0.29) is 12.1 Å². The number of alkyl halides is 3. The van der Waals surface area contributed by atoms with E-state index >= 15 is 0 Å². The fraction of sp³-hybridized carbons (Fsp3) is 0.462. The minimum atomic E-state index is -4.48. The summed E-state index contributed by atoms with van der Waals surface area (Å²) in [5.74, 6) is -0.590. The first-order valence-electron chi connectivity index (χ1n) is 5.77. The normalized spacial score (nSPS) is 12.3. The smallest absolute Gasteiger partial charge is 0.377 e. The van der Waals surface area contributed by atoms with E-state index in [4.69, 9.17) is 4.74 Å². The molecule has 0 unspecified atom stereocenters. The van der Waals surface area contributed by atoms with E-state index in [9.17, 15) is 18.0 Å². The van der Waals surface area contributed by atoms with Crippen molar-refractivity contribution in [2.45, 2.75) is 25.6 Å². The molecule has 0 atom stereocenters. The van der Waals surface area contributed by atoms with Gasteiger partial charge in [-0.05, 0) is 48.0 Å². The number of carbonyl (C=O) groups is 1. The van der Waals surface area contributed by atoms with Crippen molar-refractivity contribution in [2.75, 3.05) is 13.7 Å². The highest BCUT2D eigenvalue weighted by atomic mass is 79.9. The molecule has 20 heavy (non-hydrogen) atoms. The highest BCUT2D eigenvalue weighted by Gasteiger charge is 2.31. The molecule has 112 valence electrons. The molecule has 0 fully saturated rings. The van der Waals surface area contributed by atoms with Gasteiger partial charge in [0.05, 0.1) is 16.7 Å². The molecule has 0 aliphatic rings. The number of hydrogen-bond donors (Lipinski definition) is 1. The van der Waals surface area contributed by atoms with Crippen molar-refractivity contribution < 1.29 is 22.7 Å². The molecule has 1 aromatic carbocycles. The second-order valence-corrected chi connectivity index (χ2v) is 5.69. The fourth-order valence-electron chi connectivity index (χ4n) is 1.34. The predicted molar refractivity (Wildman–Crippen MR) is 72.6 cm³/mol. The lowest BCUT2D eigenvalue weighted by atomic mass is 10.1. The molecule has 0 saturated carbocycles. The maximum absolute atomic E-state index is 12.6. The Kier molecular flexibility index (Phi) is 5.21. The third-order valence-corrected chi connectivity index (χ3v) is 3.46.